The monoisotopic (exact) mass is 414 g/mol. The number of carbonyl (C=O) groups excluding carboxylic acids is 2. The van der Waals surface area contributed by atoms with Crippen LogP contribution < -0.4 is 20.1 Å². The Morgan fingerprint density at radius 3 is 2.24 bits per heavy atom. The van der Waals surface area contributed by atoms with Gasteiger partial charge in [-0.05, 0) is 59.0 Å². The van der Waals surface area contributed by atoms with Crippen molar-refractivity contribution in [3.63, 3.8) is 0 Å². The molecular weight excluding hydrogens is 396 g/mol. The average Bonchev–Trinajstić information content (AvgIpc) is 3.21. The number of amides is 3. The molecule has 0 saturated carbocycles. The number of ether oxygens (including phenoxy) is 2. The van der Waals surface area contributed by atoms with E-state index in [-0.39, 0.29) is 5.75 Å². The van der Waals surface area contributed by atoms with Gasteiger partial charge in [0.15, 0.2) is 0 Å². The zero-order valence-corrected chi connectivity index (χ0v) is 16.5. The predicted octanol–water partition coefficient (Wildman–Crippen LogP) is 2.12. The molecule has 1 aromatic heterocycles. The van der Waals surface area contributed by atoms with E-state index in [9.17, 15) is 9.59 Å². The number of anilines is 1. The van der Waals surface area contributed by atoms with Gasteiger partial charge >= 0.3 is 6.03 Å². The number of thioether (sulfide) groups is 1. The number of tetrazole rings is 1. The van der Waals surface area contributed by atoms with E-state index >= 15 is 0 Å². The summed E-state index contributed by atoms with van der Waals surface area (Å²) in [6.07, 6.45) is 0. The number of hydrogen-bond donors (Lipinski definition) is 2. The SMILES string of the molecule is COc1ccc(NC(=O)NC(=O)CSc2nnnn2-c2ccc(OC)cc2)cc1. The summed E-state index contributed by atoms with van der Waals surface area (Å²) >= 11 is 1.11. The van der Waals surface area contributed by atoms with Crippen molar-refractivity contribution in [2.24, 2.45) is 0 Å². The minimum absolute atomic E-state index is 0.0352. The number of methoxy groups -OCH3 is 2. The zero-order chi connectivity index (χ0) is 20.6. The topological polar surface area (TPSA) is 120 Å². The maximum atomic E-state index is 12.1. The van der Waals surface area contributed by atoms with Gasteiger partial charge in [-0.2, -0.15) is 4.68 Å². The van der Waals surface area contributed by atoms with E-state index in [4.69, 9.17) is 9.47 Å². The van der Waals surface area contributed by atoms with Gasteiger partial charge in [-0.15, -0.1) is 5.10 Å². The van der Waals surface area contributed by atoms with Gasteiger partial charge in [0.25, 0.3) is 0 Å². The van der Waals surface area contributed by atoms with Gasteiger partial charge in [0.1, 0.15) is 11.5 Å². The number of aromatic nitrogens is 4. The Balaban J connectivity index is 1.52. The van der Waals surface area contributed by atoms with Crippen LogP contribution in [-0.4, -0.2) is 52.1 Å². The Kier molecular flexibility index (Phi) is 6.63. The number of urea groups is 1. The largest absolute Gasteiger partial charge is 0.497 e. The quantitative estimate of drug-likeness (QED) is 0.564. The smallest absolute Gasteiger partial charge is 0.325 e. The molecule has 3 amide bonds. The highest BCUT2D eigenvalue weighted by Gasteiger charge is 2.13. The lowest BCUT2D eigenvalue weighted by Crippen LogP contribution is -2.35. The molecule has 150 valence electrons. The first-order chi connectivity index (χ1) is 14.1. The molecule has 10 nitrogen and oxygen atoms in total. The maximum Gasteiger partial charge on any atom is 0.325 e. The predicted molar refractivity (Wildman–Crippen MR) is 107 cm³/mol. The van der Waals surface area contributed by atoms with Crippen molar-refractivity contribution in [2.75, 3.05) is 25.3 Å². The summed E-state index contributed by atoms with van der Waals surface area (Å²) in [5, 5.41) is 16.7. The Morgan fingerprint density at radius 1 is 1.00 bits per heavy atom. The normalized spacial score (nSPS) is 10.3. The summed E-state index contributed by atoms with van der Waals surface area (Å²) in [5.41, 5.74) is 1.25. The molecule has 0 bridgehead atoms. The molecule has 0 atom stereocenters. The van der Waals surface area contributed by atoms with Crippen LogP contribution in [0.2, 0.25) is 0 Å². The second-order valence-electron chi connectivity index (χ2n) is 5.59. The Bertz CT molecular complexity index is 975. The number of rotatable bonds is 7. The molecule has 0 aliphatic rings. The lowest BCUT2D eigenvalue weighted by atomic mass is 10.3. The Labute approximate surface area is 170 Å². The highest BCUT2D eigenvalue weighted by atomic mass is 32.2. The van der Waals surface area contributed by atoms with Crippen LogP contribution in [0, 0.1) is 0 Å². The van der Waals surface area contributed by atoms with E-state index in [0.29, 0.717) is 22.3 Å². The molecule has 0 radical (unpaired) electrons. The molecule has 1 heterocycles. The van der Waals surface area contributed by atoms with Gasteiger partial charge in [0.2, 0.25) is 11.1 Å². The second-order valence-corrected chi connectivity index (χ2v) is 6.53. The number of hydrogen-bond acceptors (Lipinski definition) is 8. The molecule has 3 aromatic rings. The van der Waals surface area contributed by atoms with Crippen LogP contribution in [-0.2, 0) is 4.79 Å². The Hall–Kier alpha value is -3.60. The highest BCUT2D eigenvalue weighted by Crippen LogP contribution is 2.20. The third kappa shape index (κ3) is 5.45. The molecule has 0 aliphatic heterocycles. The van der Waals surface area contributed by atoms with Crippen LogP contribution in [0.1, 0.15) is 0 Å². The second kappa shape index (κ2) is 9.55. The molecule has 0 spiro atoms. The molecule has 0 fully saturated rings. The van der Waals surface area contributed by atoms with Gasteiger partial charge in [0, 0.05) is 5.69 Å². The van der Waals surface area contributed by atoms with E-state index in [1.165, 1.54) is 4.68 Å². The van der Waals surface area contributed by atoms with E-state index in [2.05, 4.69) is 26.2 Å². The summed E-state index contributed by atoms with van der Waals surface area (Å²) in [6, 6.07) is 13.3. The van der Waals surface area contributed by atoms with Crippen molar-refractivity contribution in [1.29, 1.82) is 0 Å². The van der Waals surface area contributed by atoms with E-state index < -0.39 is 11.9 Å². The van der Waals surface area contributed by atoms with Crippen LogP contribution in [0.15, 0.2) is 53.7 Å². The molecule has 0 unspecified atom stereocenters. The number of nitrogens with zero attached hydrogens (tertiary/aromatic N) is 4. The lowest BCUT2D eigenvalue weighted by molar-refractivity contribution is -0.117. The fourth-order valence-corrected chi connectivity index (χ4v) is 2.97. The number of imide groups is 1. The van der Waals surface area contributed by atoms with Crippen molar-refractivity contribution < 1.29 is 19.1 Å². The van der Waals surface area contributed by atoms with E-state index in [0.717, 1.165) is 17.4 Å². The molecule has 3 rings (SSSR count). The summed E-state index contributed by atoms with van der Waals surface area (Å²) in [5.74, 6) is 0.855. The van der Waals surface area contributed by atoms with Crippen LogP contribution in [0.5, 0.6) is 11.5 Å². The molecule has 2 N–H and O–H groups in total. The number of benzene rings is 2. The summed E-state index contributed by atoms with van der Waals surface area (Å²) in [6.45, 7) is 0. The third-order valence-corrected chi connectivity index (χ3v) is 4.61. The molecule has 0 saturated heterocycles. The number of carbonyl (C=O) groups is 2. The molecule has 2 aromatic carbocycles. The van der Waals surface area contributed by atoms with E-state index in [1.54, 1.807) is 62.8 Å². The lowest BCUT2D eigenvalue weighted by Gasteiger charge is -2.08. The summed E-state index contributed by atoms with van der Waals surface area (Å²) in [4.78, 5) is 24.0. The summed E-state index contributed by atoms with van der Waals surface area (Å²) < 4.78 is 11.7. The molecular formula is C18H18N6O4S. The Morgan fingerprint density at radius 2 is 1.62 bits per heavy atom. The summed E-state index contributed by atoms with van der Waals surface area (Å²) in [7, 11) is 3.13. The van der Waals surface area contributed by atoms with Gasteiger partial charge in [-0.25, -0.2) is 4.79 Å². The van der Waals surface area contributed by atoms with Crippen molar-refractivity contribution in [3.05, 3.63) is 48.5 Å². The fraction of sp³-hybridized carbons (Fsp3) is 0.167. The van der Waals surface area contributed by atoms with Crippen LogP contribution in [0.25, 0.3) is 5.69 Å². The van der Waals surface area contributed by atoms with Crippen LogP contribution in [0.4, 0.5) is 10.5 Å². The van der Waals surface area contributed by atoms with E-state index in [1.807, 2.05) is 0 Å². The van der Waals surface area contributed by atoms with Crippen LogP contribution in [0.3, 0.4) is 0 Å². The standard InChI is InChI=1S/C18H18N6O4S/c1-27-14-7-3-12(4-8-14)19-17(26)20-16(25)11-29-18-21-22-23-24(18)13-5-9-15(28-2)10-6-13/h3-10H,11H2,1-2H3,(H2,19,20,25,26). The van der Waals surface area contributed by atoms with Gasteiger partial charge in [-0.1, -0.05) is 11.8 Å². The maximum absolute atomic E-state index is 12.1. The highest BCUT2D eigenvalue weighted by molar-refractivity contribution is 7.99. The minimum Gasteiger partial charge on any atom is -0.497 e. The van der Waals surface area contributed by atoms with Crippen molar-refractivity contribution in [2.45, 2.75) is 5.16 Å². The molecule has 11 heteroatoms. The van der Waals surface area contributed by atoms with Crippen molar-refractivity contribution in [3.8, 4) is 17.2 Å². The van der Waals surface area contributed by atoms with Gasteiger partial charge < -0.3 is 14.8 Å². The molecule has 29 heavy (non-hydrogen) atoms. The first-order valence-electron chi connectivity index (χ1n) is 8.39. The molecule has 0 aliphatic carbocycles. The van der Waals surface area contributed by atoms with Gasteiger partial charge in [-0.3, -0.25) is 10.1 Å². The van der Waals surface area contributed by atoms with Gasteiger partial charge in [0.05, 0.1) is 25.7 Å². The van der Waals surface area contributed by atoms with Crippen molar-refractivity contribution in [1.82, 2.24) is 25.5 Å². The number of nitrogens with one attached hydrogen (secondary N) is 2. The van der Waals surface area contributed by atoms with Crippen LogP contribution >= 0.6 is 11.8 Å². The average molecular weight is 414 g/mol. The first-order valence-corrected chi connectivity index (χ1v) is 9.38. The third-order valence-electron chi connectivity index (χ3n) is 3.69. The fourth-order valence-electron chi connectivity index (χ4n) is 2.28. The first kappa shape index (κ1) is 20.1. The van der Waals surface area contributed by atoms with Crippen molar-refractivity contribution >= 4 is 29.4 Å². The zero-order valence-electron chi connectivity index (χ0n) is 15.7. The minimum atomic E-state index is -0.629.